The highest BCUT2D eigenvalue weighted by atomic mass is 16.8. The summed E-state index contributed by atoms with van der Waals surface area (Å²) in [5.74, 6) is 0. The molecule has 0 saturated carbocycles. The van der Waals surface area contributed by atoms with Crippen LogP contribution in [0.5, 0.6) is 0 Å². The number of likely N-dealkylation sites (N-methyl/N-ethyl adjacent to an activating group) is 1. The number of ether oxygens (including phenoxy) is 2. The van der Waals surface area contributed by atoms with Crippen LogP contribution in [0.1, 0.15) is 20.8 Å². The summed E-state index contributed by atoms with van der Waals surface area (Å²) in [5, 5.41) is 24.0. The van der Waals surface area contributed by atoms with Crippen LogP contribution in [-0.2, 0) is 14.3 Å². The van der Waals surface area contributed by atoms with Gasteiger partial charge in [0.1, 0.15) is 0 Å². The van der Waals surface area contributed by atoms with Crippen LogP contribution in [0.2, 0.25) is 0 Å². The molecular weight excluding hydrogens is 246 g/mol. The summed E-state index contributed by atoms with van der Waals surface area (Å²) in [7, 11) is 1.41. The molecule has 1 N–H and O–H groups in total. The molecule has 0 aliphatic rings. The van der Waals surface area contributed by atoms with Crippen LogP contribution in [-0.4, -0.2) is 53.8 Å². The second-order valence-corrected chi connectivity index (χ2v) is 3.65. The molecule has 18 heavy (non-hydrogen) atoms. The molecular formula is C9H19N3O6. The van der Waals surface area contributed by atoms with Crippen LogP contribution < -0.4 is 0 Å². The third-order valence-corrected chi connectivity index (χ3v) is 1.58. The van der Waals surface area contributed by atoms with Crippen molar-refractivity contribution in [2.24, 2.45) is 5.28 Å². The van der Waals surface area contributed by atoms with Crippen molar-refractivity contribution in [1.29, 1.82) is 0 Å². The molecule has 106 valence electrons. The number of aliphatic hydroxyl groups is 1. The van der Waals surface area contributed by atoms with E-state index in [-0.39, 0.29) is 24.2 Å². The SMILES string of the molecule is CC(C)OC(=O)OC(C)O/N=[N+](\[O-])N(C)CCO. The van der Waals surface area contributed by atoms with Gasteiger partial charge in [-0.3, -0.25) is 4.84 Å². The molecule has 0 amide bonds. The number of nitrogens with zero attached hydrogens (tertiary/aromatic N) is 3. The Bertz CT molecular complexity index is 283. The molecule has 0 aliphatic heterocycles. The first-order valence-corrected chi connectivity index (χ1v) is 5.40. The van der Waals surface area contributed by atoms with Crippen molar-refractivity contribution in [1.82, 2.24) is 5.01 Å². The van der Waals surface area contributed by atoms with Gasteiger partial charge in [-0.15, -0.1) is 5.01 Å². The quantitative estimate of drug-likeness (QED) is 0.236. The van der Waals surface area contributed by atoms with E-state index in [0.29, 0.717) is 0 Å². The van der Waals surface area contributed by atoms with Crippen molar-refractivity contribution in [2.75, 3.05) is 20.2 Å². The van der Waals surface area contributed by atoms with Crippen molar-refractivity contribution in [3.8, 4) is 0 Å². The molecule has 0 rings (SSSR count). The normalized spacial score (nSPS) is 13.1. The molecule has 0 aromatic carbocycles. The fraction of sp³-hybridized carbons (Fsp3) is 0.889. The first-order valence-electron chi connectivity index (χ1n) is 5.40. The maximum absolute atomic E-state index is 11.2. The summed E-state index contributed by atoms with van der Waals surface area (Å²) < 4.78 is 9.34. The van der Waals surface area contributed by atoms with Gasteiger partial charge in [-0.25, -0.2) is 4.79 Å². The molecule has 9 heteroatoms. The van der Waals surface area contributed by atoms with Gasteiger partial charge in [0.15, 0.2) is 0 Å². The number of rotatable bonds is 7. The highest BCUT2D eigenvalue weighted by Crippen LogP contribution is 2.00. The number of aliphatic hydroxyl groups excluding tert-OH is 1. The zero-order chi connectivity index (χ0) is 14.1. The molecule has 1 unspecified atom stereocenters. The Balaban J connectivity index is 4.04. The number of hydrazine groups is 1. The molecule has 0 aromatic rings. The summed E-state index contributed by atoms with van der Waals surface area (Å²) in [6.07, 6.45) is -2.28. The Hall–Kier alpha value is -1.77. The van der Waals surface area contributed by atoms with E-state index in [0.717, 1.165) is 5.01 Å². The Kier molecular flexibility index (Phi) is 7.52. The fourth-order valence-electron chi connectivity index (χ4n) is 0.777. The van der Waals surface area contributed by atoms with Gasteiger partial charge in [-0.2, -0.15) is 0 Å². The van der Waals surface area contributed by atoms with Gasteiger partial charge in [0.25, 0.3) is 6.29 Å². The molecule has 0 bridgehead atoms. The minimum Gasteiger partial charge on any atom is -0.569 e. The molecule has 0 heterocycles. The van der Waals surface area contributed by atoms with Crippen LogP contribution >= 0.6 is 0 Å². The van der Waals surface area contributed by atoms with Crippen molar-refractivity contribution in [2.45, 2.75) is 33.2 Å². The second-order valence-electron chi connectivity index (χ2n) is 3.65. The molecule has 0 aliphatic carbocycles. The van der Waals surface area contributed by atoms with E-state index in [1.54, 1.807) is 13.8 Å². The van der Waals surface area contributed by atoms with Crippen molar-refractivity contribution in [3.05, 3.63) is 5.21 Å². The van der Waals surface area contributed by atoms with Gasteiger partial charge < -0.3 is 19.8 Å². The third kappa shape index (κ3) is 7.49. The Morgan fingerprint density at radius 3 is 2.56 bits per heavy atom. The van der Waals surface area contributed by atoms with Crippen molar-refractivity contribution in [3.63, 3.8) is 0 Å². The highest BCUT2D eigenvalue weighted by Gasteiger charge is 2.14. The third-order valence-electron chi connectivity index (χ3n) is 1.58. The van der Waals surface area contributed by atoms with E-state index in [1.807, 2.05) is 0 Å². The average Bonchev–Trinajstić information content (AvgIpc) is 2.24. The van der Waals surface area contributed by atoms with Crippen LogP contribution in [0.4, 0.5) is 4.79 Å². The summed E-state index contributed by atoms with van der Waals surface area (Å²) in [5.41, 5.74) is 0. The summed E-state index contributed by atoms with van der Waals surface area (Å²) in [6, 6.07) is 0. The standard InChI is InChI=1S/C9H19N3O6/c1-7(2)16-9(14)17-8(3)18-10-12(15)11(4)5-6-13/h7-8,13H,5-6H2,1-4H3/b12-10-. The predicted octanol–water partition coefficient (Wildman–Crippen LogP) is 0.627. The first-order chi connectivity index (χ1) is 8.36. The molecule has 0 aromatic heterocycles. The number of hydrogen-bond donors (Lipinski definition) is 1. The molecule has 0 saturated heterocycles. The van der Waals surface area contributed by atoms with Crippen LogP contribution in [0, 0.1) is 5.21 Å². The lowest BCUT2D eigenvalue weighted by atomic mass is 10.5. The van der Waals surface area contributed by atoms with E-state index in [1.165, 1.54) is 14.0 Å². The predicted molar refractivity (Wildman–Crippen MR) is 59.0 cm³/mol. The van der Waals surface area contributed by atoms with Gasteiger partial charge in [-0.05, 0) is 13.8 Å². The number of carbonyl (C=O) groups excluding carboxylic acids is 1. The molecule has 1 atom stereocenters. The largest absolute Gasteiger partial charge is 0.569 e. The van der Waals surface area contributed by atoms with Gasteiger partial charge in [0.2, 0.25) is 5.28 Å². The average molecular weight is 265 g/mol. The molecule has 9 nitrogen and oxygen atoms in total. The van der Waals surface area contributed by atoms with Crippen molar-refractivity contribution >= 4 is 6.16 Å². The lowest BCUT2D eigenvalue weighted by Crippen LogP contribution is -2.30. The lowest BCUT2D eigenvalue weighted by Gasteiger charge is -2.13. The smallest absolute Gasteiger partial charge is 0.511 e. The Morgan fingerprint density at radius 1 is 1.44 bits per heavy atom. The monoisotopic (exact) mass is 265 g/mol. The zero-order valence-corrected chi connectivity index (χ0v) is 10.9. The fourth-order valence-corrected chi connectivity index (χ4v) is 0.777. The van der Waals surface area contributed by atoms with E-state index in [2.05, 4.69) is 14.9 Å². The minimum atomic E-state index is -1.06. The minimum absolute atomic E-state index is 0.0982. The van der Waals surface area contributed by atoms with Gasteiger partial charge in [0, 0.05) is 6.92 Å². The maximum Gasteiger partial charge on any atom is 0.511 e. The van der Waals surface area contributed by atoms with E-state index in [4.69, 9.17) is 9.84 Å². The highest BCUT2D eigenvalue weighted by molar-refractivity contribution is 5.60. The topological polar surface area (TPSA) is 107 Å². The van der Waals surface area contributed by atoms with Crippen LogP contribution in [0.15, 0.2) is 5.28 Å². The van der Waals surface area contributed by atoms with E-state index >= 15 is 0 Å². The summed E-state index contributed by atoms with van der Waals surface area (Å²) >= 11 is 0. The number of hydrogen-bond acceptors (Lipinski definition) is 7. The first kappa shape index (κ1) is 16.2. The Morgan fingerprint density at radius 2 is 2.06 bits per heavy atom. The van der Waals surface area contributed by atoms with Crippen LogP contribution in [0.25, 0.3) is 0 Å². The van der Waals surface area contributed by atoms with Crippen molar-refractivity contribution < 1.29 is 29.2 Å². The maximum atomic E-state index is 11.2. The molecule has 0 fully saturated rings. The van der Waals surface area contributed by atoms with E-state index in [9.17, 15) is 10.0 Å². The second kappa shape index (κ2) is 8.34. The molecule has 0 spiro atoms. The zero-order valence-electron chi connectivity index (χ0n) is 10.9. The summed E-state index contributed by atoms with van der Waals surface area (Å²) in [4.78, 5) is 15.8. The van der Waals surface area contributed by atoms with Gasteiger partial charge >= 0.3 is 6.16 Å². The number of carbonyl (C=O) groups is 1. The molecule has 0 radical (unpaired) electrons. The lowest BCUT2D eigenvalue weighted by molar-refractivity contribution is -0.707. The van der Waals surface area contributed by atoms with Crippen LogP contribution in [0.3, 0.4) is 0 Å². The van der Waals surface area contributed by atoms with Gasteiger partial charge in [-0.1, -0.05) is 0 Å². The summed E-state index contributed by atoms with van der Waals surface area (Å²) in [6.45, 7) is 4.62. The van der Waals surface area contributed by atoms with E-state index < -0.39 is 12.4 Å². The van der Waals surface area contributed by atoms with Gasteiger partial charge in [0.05, 0.1) is 31.3 Å². The Labute approximate surface area is 105 Å².